The molecule has 0 atom stereocenters. The fourth-order valence-corrected chi connectivity index (χ4v) is 3.10. The van der Waals surface area contributed by atoms with Gasteiger partial charge in [-0.1, -0.05) is 54.6 Å². The Kier molecular flexibility index (Phi) is 3.72. The number of hydrogen-bond donors (Lipinski definition) is 0. The van der Waals surface area contributed by atoms with E-state index in [-0.39, 0.29) is 0 Å². The van der Waals surface area contributed by atoms with Crippen LogP contribution in [0.15, 0.2) is 73.1 Å². The maximum absolute atomic E-state index is 7.15. The van der Waals surface area contributed by atoms with Crippen LogP contribution in [0.2, 0.25) is 0 Å². The summed E-state index contributed by atoms with van der Waals surface area (Å²) in [6, 6.07) is 22.3. The van der Waals surface area contributed by atoms with Crippen molar-refractivity contribution in [3.8, 4) is 22.4 Å². The number of aryl methyl sites for hydroxylation is 1. The van der Waals surface area contributed by atoms with Gasteiger partial charge in [0.2, 0.25) is 0 Å². The van der Waals surface area contributed by atoms with Crippen LogP contribution in [0.3, 0.4) is 0 Å². The van der Waals surface area contributed by atoms with Crippen molar-refractivity contribution < 1.29 is 0 Å². The summed E-state index contributed by atoms with van der Waals surface area (Å²) >= 11 is 0. The van der Waals surface area contributed by atoms with Gasteiger partial charge in [-0.05, 0) is 35.7 Å². The van der Waals surface area contributed by atoms with Crippen LogP contribution in [0.5, 0.6) is 0 Å². The van der Waals surface area contributed by atoms with Crippen LogP contribution in [-0.2, 0) is 0 Å². The number of aromatic nitrogens is 2. The minimum Gasteiger partial charge on any atom is -0.238 e. The van der Waals surface area contributed by atoms with Gasteiger partial charge in [-0.3, -0.25) is 0 Å². The van der Waals surface area contributed by atoms with E-state index in [0.29, 0.717) is 5.69 Å². The van der Waals surface area contributed by atoms with Gasteiger partial charge in [0.05, 0.1) is 17.8 Å². The van der Waals surface area contributed by atoms with E-state index >= 15 is 0 Å². The summed E-state index contributed by atoms with van der Waals surface area (Å²) in [6.07, 6.45) is 1.56. The molecule has 0 fully saturated rings. The third-order valence-corrected chi connectivity index (χ3v) is 4.33. The number of benzene rings is 3. The van der Waals surface area contributed by atoms with Crippen LogP contribution < -0.4 is 0 Å². The van der Waals surface area contributed by atoms with Crippen LogP contribution in [0.1, 0.15) is 5.56 Å². The third-order valence-electron chi connectivity index (χ3n) is 4.33. The molecule has 118 valence electrons. The highest BCUT2D eigenvalue weighted by atomic mass is 14.8. The lowest BCUT2D eigenvalue weighted by molar-refractivity contribution is 1.22. The molecule has 0 aliphatic heterocycles. The Bertz CT molecular complexity index is 1110. The quantitative estimate of drug-likeness (QED) is 0.435. The number of rotatable bonds is 2. The molecular weight excluding hydrogens is 306 g/mol. The average Bonchev–Trinajstić information content (AvgIpc) is 2.67. The zero-order chi connectivity index (χ0) is 17.2. The molecule has 0 N–H and O–H groups in total. The number of fused-ring (bicyclic) bond motifs is 1. The molecule has 4 aromatic rings. The van der Waals surface area contributed by atoms with Crippen molar-refractivity contribution in [2.45, 2.75) is 6.92 Å². The molecule has 25 heavy (non-hydrogen) atoms. The summed E-state index contributed by atoms with van der Waals surface area (Å²) in [5.41, 5.74) is 6.97. The second-order valence-corrected chi connectivity index (χ2v) is 5.93. The maximum atomic E-state index is 7.15. The van der Waals surface area contributed by atoms with Crippen LogP contribution in [-0.4, -0.2) is 9.97 Å². The fourth-order valence-electron chi connectivity index (χ4n) is 3.10. The monoisotopic (exact) mass is 321 g/mol. The highest BCUT2D eigenvalue weighted by molar-refractivity contribution is 5.94. The zero-order valence-electron chi connectivity index (χ0n) is 13.8. The first-order valence-corrected chi connectivity index (χ1v) is 8.05. The van der Waals surface area contributed by atoms with Gasteiger partial charge in [-0.15, -0.1) is 0 Å². The molecule has 1 heterocycles. The van der Waals surface area contributed by atoms with Gasteiger partial charge in [0, 0.05) is 10.9 Å². The van der Waals surface area contributed by atoms with E-state index in [0.717, 1.165) is 22.2 Å². The third kappa shape index (κ3) is 2.75. The van der Waals surface area contributed by atoms with Gasteiger partial charge < -0.3 is 0 Å². The van der Waals surface area contributed by atoms with E-state index in [1.54, 1.807) is 12.4 Å². The van der Waals surface area contributed by atoms with Crippen LogP contribution >= 0.6 is 0 Å². The molecule has 3 aromatic carbocycles. The molecule has 3 nitrogen and oxygen atoms in total. The van der Waals surface area contributed by atoms with Gasteiger partial charge in [0.15, 0.2) is 5.69 Å². The summed E-state index contributed by atoms with van der Waals surface area (Å²) < 4.78 is 0. The molecular formula is C22H15N3. The Labute approximate surface area is 146 Å². The van der Waals surface area contributed by atoms with Crippen molar-refractivity contribution in [2.75, 3.05) is 0 Å². The highest BCUT2D eigenvalue weighted by Crippen LogP contribution is 2.31. The van der Waals surface area contributed by atoms with Crippen LogP contribution in [0.4, 0.5) is 5.69 Å². The van der Waals surface area contributed by atoms with E-state index in [1.807, 2.05) is 18.2 Å². The topological polar surface area (TPSA) is 30.1 Å². The molecule has 0 aliphatic rings. The summed E-state index contributed by atoms with van der Waals surface area (Å²) in [5.74, 6) is 0. The molecule has 4 rings (SSSR count). The molecule has 0 saturated heterocycles. The van der Waals surface area contributed by atoms with E-state index in [9.17, 15) is 0 Å². The summed E-state index contributed by atoms with van der Waals surface area (Å²) in [5, 5.41) is 0.960. The Morgan fingerprint density at radius 3 is 2.44 bits per heavy atom. The first kappa shape index (κ1) is 15.0. The normalized spacial score (nSPS) is 10.6. The SMILES string of the molecule is [C-]#[N+]c1ccc2c(-c3ccc(-c4ccccc4)c(C)c3)ncnc2c1. The lowest BCUT2D eigenvalue weighted by atomic mass is 9.96. The zero-order valence-corrected chi connectivity index (χ0v) is 13.8. The van der Waals surface area contributed by atoms with Gasteiger partial charge in [-0.2, -0.15) is 0 Å². The van der Waals surface area contributed by atoms with E-state index < -0.39 is 0 Å². The van der Waals surface area contributed by atoms with Crippen LogP contribution in [0.25, 0.3) is 38.1 Å². The molecule has 0 amide bonds. The van der Waals surface area contributed by atoms with Crippen molar-refractivity contribution in [1.82, 2.24) is 9.97 Å². The van der Waals surface area contributed by atoms with Gasteiger partial charge in [0.25, 0.3) is 0 Å². The highest BCUT2D eigenvalue weighted by Gasteiger charge is 2.09. The molecule has 0 spiro atoms. The second-order valence-electron chi connectivity index (χ2n) is 5.93. The summed E-state index contributed by atoms with van der Waals surface area (Å²) in [4.78, 5) is 12.3. The Morgan fingerprint density at radius 1 is 0.840 bits per heavy atom. The van der Waals surface area contributed by atoms with Crippen LogP contribution in [0, 0.1) is 13.5 Å². The predicted molar refractivity (Wildman–Crippen MR) is 101 cm³/mol. The number of nitrogens with zero attached hydrogens (tertiary/aromatic N) is 3. The minimum absolute atomic E-state index is 0.591. The van der Waals surface area contributed by atoms with Crippen molar-refractivity contribution >= 4 is 16.6 Å². The summed E-state index contributed by atoms with van der Waals surface area (Å²) in [6.45, 7) is 9.27. The predicted octanol–water partition coefficient (Wildman–Crippen LogP) is 5.82. The molecule has 3 heteroatoms. The van der Waals surface area contributed by atoms with Crippen molar-refractivity contribution in [3.63, 3.8) is 0 Å². The smallest absolute Gasteiger partial charge is 0.189 e. The molecule has 0 aliphatic carbocycles. The molecule has 0 bridgehead atoms. The molecule has 1 aromatic heterocycles. The maximum Gasteiger partial charge on any atom is 0.189 e. The van der Waals surface area contributed by atoms with Crippen molar-refractivity contribution in [2.24, 2.45) is 0 Å². The van der Waals surface area contributed by atoms with E-state index in [1.165, 1.54) is 16.7 Å². The minimum atomic E-state index is 0.591. The Hall–Kier alpha value is -3.51. The molecule has 0 unspecified atom stereocenters. The Balaban J connectivity index is 1.85. The lowest BCUT2D eigenvalue weighted by Gasteiger charge is -2.10. The largest absolute Gasteiger partial charge is 0.238 e. The molecule has 0 saturated carbocycles. The Morgan fingerprint density at radius 2 is 1.68 bits per heavy atom. The van der Waals surface area contributed by atoms with Gasteiger partial charge in [0.1, 0.15) is 6.33 Å². The second kappa shape index (κ2) is 6.18. The standard InChI is InChI=1S/C22H15N3/c1-15-12-17(8-10-19(15)16-6-4-3-5-7-16)22-20-11-9-18(23-2)13-21(20)24-14-25-22/h3-14H,1H3. The van der Waals surface area contributed by atoms with Crippen molar-refractivity contribution in [3.05, 3.63) is 90.0 Å². The van der Waals surface area contributed by atoms with Gasteiger partial charge in [-0.25, -0.2) is 14.8 Å². The van der Waals surface area contributed by atoms with E-state index in [2.05, 4.69) is 64.2 Å². The number of hydrogen-bond acceptors (Lipinski definition) is 2. The van der Waals surface area contributed by atoms with E-state index in [4.69, 9.17) is 6.57 Å². The van der Waals surface area contributed by atoms with Gasteiger partial charge >= 0.3 is 0 Å². The fraction of sp³-hybridized carbons (Fsp3) is 0.0455. The first-order valence-electron chi connectivity index (χ1n) is 8.05. The van der Waals surface area contributed by atoms with Crippen molar-refractivity contribution in [1.29, 1.82) is 0 Å². The summed E-state index contributed by atoms with van der Waals surface area (Å²) in [7, 11) is 0. The lowest BCUT2D eigenvalue weighted by Crippen LogP contribution is -1.91. The average molecular weight is 321 g/mol. The molecule has 0 radical (unpaired) electrons. The first-order chi connectivity index (χ1) is 12.3.